The molecule has 3 nitrogen and oxygen atoms in total. The van der Waals surface area contributed by atoms with Gasteiger partial charge in [0, 0.05) is 0 Å². The molecule has 2 atom stereocenters. The largest absolute Gasteiger partial charge is 0.479 e. The molecule has 0 unspecified atom stereocenters. The van der Waals surface area contributed by atoms with Crippen LogP contribution in [0.3, 0.4) is 0 Å². The van der Waals surface area contributed by atoms with Crippen molar-refractivity contribution in [3.63, 3.8) is 0 Å². The zero-order valence-corrected chi connectivity index (χ0v) is 5.26. The van der Waals surface area contributed by atoms with Crippen molar-refractivity contribution < 1.29 is 19.4 Å². The molecule has 0 saturated carbocycles. The van der Waals surface area contributed by atoms with Gasteiger partial charge in [-0.15, -0.1) is 0 Å². The summed E-state index contributed by atoms with van der Waals surface area (Å²) in [6.07, 6.45) is -1.75. The van der Waals surface area contributed by atoms with Crippen LogP contribution >= 0.6 is 0 Å². The highest BCUT2D eigenvalue weighted by Crippen LogP contribution is 2.12. The lowest BCUT2D eigenvalue weighted by Gasteiger charge is -2.18. The third kappa shape index (κ3) is 1.64. The molecule has 54 valence electrons. The Hall–Kier alpha value is -0.640. The molecule has 0 amide bonds. The smallest absolute Gasteiger partial charge is 0.338 e. The van der Waals surface area contributed by atoms with Crippen LogP contribution in [0.25, 0.3) is 0 Å². The maximum atomic E-state index is 12.1. The molecule has 0 aliphatic heterocycles. The molecule has 9 heavy (non-hydrogen) atoms. The maximum Gasteiger partial charge on any atom is 0.338 e. The van der Waals surface area contributed by atoms with Gasteiger partial charge in [0.25, 0.3) is 0 Å². The first-order chi connectivity index (χ1) is 3.89. The monoisotopic (exact) mass is 136 g/mol. The van der Waals surface area contributed by atoms with Crippen molar-refractivity contribution in [2.45, 2.75) is 25.6 Å². The lowest BCUT2D eigenvalue weighted by molar-refractivity contribution is -0.162. The van der Waals surface area contributed by atoms with Crippen LogP contribution < -0.4 is 0 Å². The Morgan fingerprint density at radius 3 is 2.11 bits per heavy atom. The second kappa shape index (κ2) is 2.31. The Morgan fingerprint density at radius 1 is 1.78 bits per heavy atom. The van der Waals surface area contributed by atoms with E-state index in [0.29, 0.717) is 0 Å². The van der Waals surface area contributed by atoms with E-state index in [1.807, 2.05) is 0 Å². The van der Waals surface area contributed by atoms with Crippen LogP contribution in [-0.4, -0.2) is 28.0 Å². The molecule has 0 aliphatic carbocycles. The Labute approximate surface area is 52.1 Å². The first kappa shape index (κ1) is 8.36. The lowest BCUT2D eigenvalue weighted by Crippen LogP contribution is -2.42. The Morgan fingerprint density at radius 2 is 2.11 bits per heavy atom. The lowest BCUT2D eigenvalue weighted by atomic mass is 10.0. The van der Waals surface area contributed by atoms with Gasteiger partial charge < -0.3 is 10.2 Å². The molecule has 0 aromatic heterocycles. The van der Waals surface area contributed by atoms with Gasteiger partial charge in [0.05, 0.1) is 0 Å². The van der Waals surface area contributed by atoms with Crippen LogP contribution in [0.5, 0.6) is 0 Å². The fourth-order valence-corrected chi connectivity index (χ4v) is 0.170. The third-order valence-electron chi connectivity index (χ3n) is 1.21. The molecule has 0 aliphatic rings. The number of carboxylic acids is 1. The molecule has 0 spiro atoms. The molecule has 0 heterocycles. The number of aliphatic hydroxyl groups is 1. The van der Waals surface area contributed by atoms with Crippen molar-refractivity contribution in [2.24, 2.45) is 0 Å². The van der Waals surface area contributed by atoms with Gasteiger partial charge in [-0.1, -0.05) is 0 Å². The summed E-state index contributed by atoms with van der Waals surface area (Å²) in [6.45, 7) is 1.91. The fourth-order valence-electron chi connectivity index (χ4n) is 0.170. The van der Waals surface area contributed by atoms with Crippen LogP contribution in [0.4, 0.5) is 4.39 Å². The van der Waals surface area contributed by atoms with E-state index in [9.17, 15) is 9.18 Å². The predicted octanol–water partition coefficient (Wildman–Crippen LogP) is 0.180. The molecular formula is C5H9FO3. The minimum atomic E-state index is -2.25. The van der Waals surface area contributed by atoms with Gasteiger partial charge in [0.1, 0.15) is 6.17 Å². The third-order valence-corrected chi connectivity index (χ3v) is 1.21. The average Bonchev–Trinajstić information content (AvgIpc) is 1.65. The highest BCUT2D eigenvalue weighted by Gasteiger charge is 2.36. The van der Waals surface area contributed by atoms with E-state index < -0.39 is 17.7 Å². The predicted molar refractivity (Wildman–Crippen MR) is 28.8 cm³/mol. The van der Waals surface area contributed by atoms with Crippen LogP contribution in [0, 0.1) is 0 Å². The van der Waals surface area contributed by atoms with E-state index in [0.717, 1.165) is 13.8 Å². The molecule has 4 heteroatoms. The zero-order valence-electron chi connectivity index (χ0n) is 5.26. The maximum absolute atomic E-state index is 12.1. The minimum Gasteiger partial charge on any atom is -0.479 e. The molecule has 0 saturated heterocycles. The van der Waals surface area contributed by atoms with Crippen LogP contribution in [-0.2, 0) is 4.79 Å². The Bertz CT molecular complexity index is 119. The van der Waals surface area contributed by atoms with E-state index >= 15 is 0 Å². The SMILES string of the molecule is C[C@H](F)[C@@](C)(O)C(=O)O. The molecule has 0 rings (SSSR count). The van der Waals surface area contributed by atoms with Crippen LogP contribution in [0.15, 0.2) is 0 Å². The molecule has 0 aromatic carbocycles. The molecule has 0 bridgehead atoms. The van der Waals surface area contributed by atoms with Crippen LogP contribution in [0.2, 0.25) is 0 Å². The number of carboxylic acid groups (broad SMARTS) is 1. The summed E-state index contributed by atoms with van der Waals surface area (Å²) in [5, 5.41) is 16.8. The summed E-state index contributed by atoms with van der Waals surface area (Å²) in [5.74, 6) is -1.54. The summed E-state index contributed by atoms with van der Waals surface area (Å²) >= 11 is 0. The van der Waals surface area contributed by atoms with Gasteiger partial charge in [-0.25, -0.2) is 9.18 Å². The number of alkyl halides is 1. The number of rotatable bonds is 2. The number of hydrogen-bond acceptors (Lipinski definition) is 2. The summed E-state index contributed by atoms with van der Waals surface area (Å²) < 4.78 is 12.1. The zero-order chi connectivity index (χ0) is 7.65. The summed E-state index contributed by atoms with van der Waals surface area (Å²) in [6, 6.07) is 0. The summed E-state index contributed by atoms with van der Waals surface area (Å²) in [7, 11) is 0. The topological polar surface area (TPSA) is 57.5 Å². The molecule has 2 N–H and O–H groups in total. The summed E-state index contributed by atoms with van der Waals surface area (Å²) in [4.78, 5) is 9.97. The second-order valence-electron chi connectivity index (χ2n) is 2.07. The van der Waals surface area contributed by atoms with E-state index in [4.69, 9.17) is 10.2 Å². The second-order valence-corrected chi connectivity index (χ2v) is 2.07. The molecule has 0 fully saturated rings. The first-order valence-corrected chi connectivity index (χ1v) is 2.49. The van der Waals surface area contributed by atoms with Crippen molar-refractivity contribution >= 4 is 5.97 Å². The normalized spacial score (nSPS) is 20.4. The van der Waals surface area contributed by atoms with Crippen molar-refractivity contribution in [3.8, 4) is 0 Å². The highest BCUT2D eigenvalue weighted by atomic mass is 19.1. The van der Waals surface area contributed by atoms with Gasteiger partial charge in [0.15, 0.2) is 5.60 Å². The minimum absolute atomic E-state index is 0.917. The van der Waals surface area contributed by atoms with E-state index in [1.54, 1.807) is 0 Å². The van der Waals surface area contributed by atoms with Crippen molar-refractivity contribution in [3.05, 3.63) is 0 Å². The Kier molecular flexibility index (Phi) is 2.14. The number of halogens is 1. The van der Waals surface area contributed by atoms with E-state index in [-0.39, 0.29) is 0 Å². The van der Waals surface area contributed by atoms with Gasteiger partial charge >= 0.3 is 5.97 Å². The van der Waals surface area contributed by atoms with Gasteiger partial charge in [-0.3, -0.25) is 0 Å². The number of aliphatic carboxylic acids is 1. The van der Waals surface area contributed by atoms with Crippen LogP contribution in [0.1, 0.15) is 13.8 Å². The molecular weight excluding hydrogens is 127 g/mol. The quantitative estimate of drug-likeness (QED) is 0.569. The standard InChI is InChI=1S/C5H9FO3/c1-3(6)5(2,9)4(7)8/h3,9H,1-2H3,(H,7,8)/t3-,5+/m0/s1. The Balaban J connectivity index is 4.19. The van der Waals surface area contributed by atoms with Crippen molar-refractivity contribution in [2.75, 3.05) is 0 Å². The fraction of sp³-hybridized carbons (Fsp3) is 0.800. The first-order valence-electron chi connectivity index (χ1n) is 2.49. The summed E-state index contributed by atoms with van der Waals surface area (Å²) in [5.41, 5.74) is -2.25. The van der Waals surface area contributed by atoms with Gasteiger partial charge in [-0.2, -0.15) is 0 Å². The number of hydrogen-bond donors (Lipinski definition) is 2. The number of carbonyl (C=O) groups is 1. The molecule has 0 aromatic rings. The molecule has 0 radical (unpaired) electrons. The highest BCUT2D eigenvalue weighted by molar-refractivity contribution is 5.77. The average molecular weight is 136 g/mol. The van der Waals surface area contributed by atoms with Gasteiger partial charge in [0.2, 0.25) is 0 Å². The van der Waals surface area contributed by atoms with Gasteiger partial charge in [-0.05, 0) is 13.8 Å². The van der Waals surface area contributed by atoms with E-state index in [2.05, 4.69) is 0 Å². The van der Waals surface area contributed by atoms with E-state index in [1.165, 1.54) is 0 Å². The van der Waals surface area contributed by atoms with Crippen molar-refractivity contribution in [1.82, 2.24) is 0 Å². The van der Waals surface area contributed by atoms with Crippen molar-refractivity contribution in [1.29, 1.82) is 0 Å².